The maximum atomic E-state index is 11.3. The highest BCUT2D eigenvalue weighted by Crippen LogP contribution is 2.18. The fraction of sp³-hybridized carbons (Fsp3) is 0.375. The van der Waals surface area contributed by atoms with Crippen LogP contribution in [0.3, 0.4) is 0 Å². The molecule has 0 aliphatic carbocycles. The van der Waals surface area contributed by atoms with Crippen molar-refractivity contribution in [3.63, 3.8) is 0 Å². The molecule has 0 aromatic rings. The van der Waals surface area contributed by atoms with Crippen molar-refractivity contribution in [3.05, 3.63) is 11.1 Å². The molecule has 1 aliphatic rings. The van der Waals surface area contributed by atoms with Gasteiger partial charge >= 0.3 is 0 Å². The molecule has 0 radical (unpaired) electrons. The van der Waals surface area contributed by atoms with Crippen LogP contribution < -0.4 is 5.73 Å². The second-order valence-corrected chi connectivity index (χ2v) is 2.91. The lowest BCUT2D eigenvalue weighted by atomic mass is 10.2. The van der Waals surface area contributed by atoms with Gasteiger partial charge in [-0.15, -0.1) is 0 Å². The third kappa shape index (κ3) is 1.44. The van der Waals surface area contributed by atoms with Crippen molar-refractivity contribution < 1.29 is 14.4 Å². The van der Waals surface area contributed by atoms with E-state index in [0.29, 0.717) is 11.1 Å². The van der Waals surface area contributed by atoms with E-state index >= 15 is 0 Å². The Morgan fingerprint density at radius 3 is 1.92 bits per heavy atom. The van der Waals surface area contributed by atoms with E-state index in [1.54, 1.807) is 13.8 Å². The quantitative estimate of drug-likeness (QED) is 0.566. The van der Waals surface area contributed by atoms with Crippen molar-refractivity contribution in [1.82, 2.24) is 4.90 Å². The smallest absolute Gasteiger partial charge is 0.257 e. The fourth-order valence-electron chi connectivity index (χ4n) is 1.12. The number of primary amides is 1. The fourth-order valence-corrected chi connectivity index (χ4v) is 1.12. The van der Waals surface area contributed by atoms with E-state index in [9.17, 15) is 14.4 Å². The molecule has 2 N–H and O–H groups in total. The standard InChI is InChI=1S/C8H10N2O3/c1-4-5(2)8(13)10(7(4)12)3-6(9)11/h3H2,1-2H3,(H2,9,11). The van der Waals surface area contributed by atoms with Gasteiger partial charge in [0.05, 0.1) is 0 Å². The van der Waals surface area contributed by atoms with Crippen LogP contribution in [0.25, 0.3) is 0 Å². The lowest BCUT2D eigenvalue weighted by Gasteiger charge is -2.11. The van der Waals surface area contributed by atoms with Gasteiger partial charge < -0.3 is 5.73 Å². The molecule has 1 heterocycles. The van der Waals surface area contributed by atoms with Crippen molar-refractivity contribution in [3.8, 4) is 0 Å². The first kappa shape index (κ1) is 9.44. The molecular formula is C8H10N2O3. The molecule has 1 rings (SSSR count). The summed E-state index contributed by atoms with van der Waals surface area (Å²) in [6.07, 6.45) is 0. The van der Waals surface area contributed by atoms with Crippen LogP contribution in [0.15, 0.2) is 11.1 Å². The molecule has 0 saturated carbocycles. The van der Waals surface area contributed by atoms with Crippen LogP contribution in [-0.2, 0) is 14.4 Å². The molecule has 5 heteroatoms. The van der Waals surface area contributed by atoms with E-state index in [2.05, 4.69) is 0 Å². The molecule has 0 bridgehead atoms. The average Bonchev–Trinajstić information content (AvgIpc) is 2.22. The zero-order valence-electron chi connectivity index (χ0n) is 7.46. The van der Waals surface area contributed by atoms with Gasteiger partial charge in [0.1, 0.15) is 6.54 Å². The Morgan fingerprint density at radius 2 is 1.62 bits per heavy atom. The molecule has 0 aromatic heterocycles. The second kappa shape index (κ2) is 3.01. The maximum absolute atomic E-state index is 11.3. The van der Waals surface area contributed by atoms with Crippen molar-refractivity contribution in [2.24, 2.45) is 5.73 Å². The van der Waals surface area contributed by atoms with Crippen molar-refractivity contribution in [1.29, 1.82) is 0 Å². The number of imide groups is 1. The van der Waals surface area contributed by atoms with Crippen LogP contribution >= 0.6 is 0 Å². The van der Waals surface area contributed by atoms with E-state index in [1.165, 1.54) is 0 Å². The van der Waals surface area contributed by atoms with E-state index < -0.39 is 17.7 Å². The Bertz CT molecular complexity index is 306. The van der Waals surface area contributed by atoms with Gasteiger partial charge in [0.25, 0.3) is 11.8 Å². The van der Waals surface area contributed by atoms with Crippen molar-refractivity contribution in [2.45, 2.75) is 13.8 Å². The van der Waals surface area contributed by atoms with Crippen LogP contribution in [0.5, 0.6) is 0 Å². The van der Waals surface area contributed by atoms with Crippen LogP contribution in [0.1, 0.15) is 13.8 Å². The van der Waals surface area contributed by atoms with Gasteiger partial charge in [-0.05, 0) is 13.8 Å². The van der Waals surface area contributed by atoms with Gasteiger partial charge in [-0.3, -0.25) is 19.3 Å². The lowest BCUT2D eigenvalue weighted by molar-refractivity contribution is -0.141. The van der Waals surface area contributed by atoms with Crippen LogP contribution in [0.2, 0.25) is 0 Å². The minimum absolute atomic E-state index is 0.341. The number of amides is 3. The number of nitrogens with zero attached hydrogens (tertiary/aromatic N) is 1. The lowest BCUT2D eigenvalue weighted by Crippen LogP contribution is -2.38. The van der Waals surface area contributed by atoms with Crippen LogP contribution in [-0.4, -0.2) is 29.2 Å². The number of carbonyl (C=O) groups excluding carboxylic acids is 3. The summed E-state index contributed by atoms with van der Waals surface area (Å²) in [6, 6.07) is 0. The molecule has 13 heavy (non-hydrogen) atoms. The molecule has 0 fully saturated rings. The summed E-state index contributed by atoms with van der Waals surface area (Å²) in [7, 11) is 0. The minimum Gasteiger partial charge on any atom is -0.368 e. The molecule has 0 atom stereocenters. The zero-order valence-corrected chi connectivity index (χ0v) is 7.46. The highest BCUT2D eigenvalue weighted by molar-refractivity contribution is 6.19. The normalized spacial score (nSPS) is 17.2. The SMILES string of the molecule is CC1=C(C)C(=O)N(CC(N)=O)C1=O. The van der Waals surface area contributed by atoms with Gasteiger partial charge in [0, 0.05) is 11.1 Å². The Kier molecular flexibility index (Phi) is 2.18. The topological polar surface area (TPSA) is 80.5 Å². The Labute approximate surface area is 75.2 Å². The largest absolute Gasteiger partial charge is 0.368 e. The summed E-state index contributed by atoms with van der Waals surface area (Å²) >= 11 is 0. The summed E-state index contributed by atoms with van der Waals surface area (Å²) in [4.78, 5) is 34.0. The second-order valence-electron chi connectivity index (χ2n) is 2.91. The van der Waals surface area contributed by atoms with Gasteiger partial charge in [-0.2, -0.15) is 0 Å². The van der Waals surface area contributed by atoms with E-state index in [0.717, 1.165) is 4.90 Å². The number of nitrogens with two attached hydrogens (primary N) is 1. The van der Waals surface area contributed by atoms with Gasteiger partial charge in [0.2, 0.25) is 5.91 Å². The third-order valence-corrected chi connectivity index (χ3v) is 2.01. The first-order valence-electron chi connectivity index (χ1n) is 3.77. The van der Waals surface area contributed by atoms with Crippen LogP contribution in [0, 0.1) is 0 Å². The molecule has 0 unspecified atom stereocenters. The predicted octanol–water partition coefficient (Wildman–Crippen LogP) is -0.823. The minimum atomic E-state index is -0.691. The molecular weight excluding hydrogens is 172 g/mol. The van der Waals surface area contributed by atoms with Gasteiger partial charge in [0.15, 0.2) is 0 Å². The molecule has 0 saturated heterocycles. The number of carbonyl (C=O) groups is 3. The maximum Gasteiger partial charge on any atom is 0.257 e. The summed E-state index contributed by atoms with van der Waals surface area (Å²) < 4.78 is 0. The first-order chi connectivity index (χ1) is 5.95. The Balaban J connectivity index is 2.91. The average molecular weight is 182 g/mol. The van der Waals surface area contributed by atoms with Crippen molar-refractivity contribution in [2.75, 3.05) is 6.54 Å². The van der Waals surface area contributed by atoms with E-state index in [1.807, 2.05) is 0 Å². The zero-order chi connectivity index (χ0) is 10.2. The highest BCUT2D eigenvalue weighted by atomic mass is 16.2. The van der Waals surface area contributed by atoms with Crippen molar-refractivity contribution >= 4 is 17.7 Å². The predicted molar refractivity (Wildman–Crippen MR) is 44.3 cm³/mol. The van der Waals surface area contributed by atoms with Gasteiger partial charge in [-0.25, -0.2) is 0 Å². The summed E-state index contributed by atoms with van der Waals surface area (Å²) in [5.41, 5.74) is 5.65. The number of hydrogen-bond donors (Lipinski definition) is 1. The number of rotatable bonds is 2. The highest BCUT2D eigenvalue weighted by Gasteiger charge is 2.33. The molecule has 1 aliphatic heterocycles. The van der Waals surface area contributed by atoms with E-state index in [-0.39, 0.29) is 6.54 Å². The summed E-state index contributed by atoms with van der Waals surface area (Å²) in [5, 5.41) is 0. The molecule has 0 aromatic carbocycles. The van der Waals surface area contributed by atoms with Crippen LogP contribution in [0.4, 0.5) is 0 Å². The molecule has 70 valence electrons. The summed E-state index contributed by atoms with van der Waals surface area (Å²) in [6.45, 7) is 2.76. The molecule has 0 spiro atoms. The van der Waals surface area contributed by atoms with E-state index in [4.69, 9.17) is 5.73 Å². The third-order valence-electron chi connectivity index (χ3n) is 2.01. The monoisotopic (exact) mass is 182 g/mol. The van der Waals surface area contributed by atoms with Gasteiger partial charge in [-0.1, -0.05) is 0 Å². The molecule has 5 nitrogen and oxygen atoms in total. The Hall–Kier alpha value is -1.65. The first-order valence-corrected chi connectivity index (χ1v) is 3.77. The molecule has 3 amide bonds. The Morgan fingerprint density at radius 1 is 1.23 bits per heavy atom. The summed E-state index contributed by atoms with van der Waals surface area (Å²) in [5.74, 6) is -1.55. The number of hydrogen-bond acceptors (Lipinski definition) is 3.